The van der Waals surface area contributed by atoms with Crippen LogP contribution in [0.3, 0.4) is 0 Å². The van der Waals surface area contributed by atoms with E-state index in [0.29, 0.717) is 24.7 Å². The van der Waals surface area contributed by atoms with Crippen LogP contribution in [-0.2, 0) is 0 Å². The van der Waals surface area contributed by atoms with E-state index in [-0.39, 0.29) is 23.6 Å². The fraction of sp³-hybridized carbons (Fsp3) is 0.647. The second-order valence-corrected chi connectivity index (χ2v) is 11.5. The molecular weight excluding hydrogens is 500 g/mol. The van der Waals surface area contributed by atoms with E-state index < -0.39 is 0 Å². The van der Waals surface area contributed by atoms with Crippen molar-refractivity contribution in [2.45, 2.75) is 117 Å². The van der Waals surface area contributed by atoms with E-state index in [1.54, 1.807) is 12.1 Å². The van der Waals surface area contributed by atoms with Crippen molar-refractivity contribution in [2.24, 2.45) is 0 Å². The first-order valence-electron chi connectivity index (χ1n) is 15.9. The predicted molar refractivity (Wildman–Crippen MR) is 168 cm³/mol. The van der Waals surface area contributed by atoms with Crippen LogP contribution in [0.5, 0.6) is 23.0 Å². The van der Waals surface area contributed by atoms with Gasteiger partial charge in [-0.25, -0.2) is 0 Å². The van der Waals surface area contributed by atoms with E-state index in [0.717, 1.165) is 37.3 Å². The average molecular weight is 555 g/mol. The Bertz CT molecular complexity index is 918. The van der Waals surface area contributed by atoms with Crippen LogP contribution in [0.15, 0.2) is 36.4 Å². The van der Waals surface area contributed by atoms with Crippen LogP contribution >= 0.6 is 0 Å². The highest BCUT2D eigenvalue weighted by molar-refractivity contribution is 5.61. The lowest BCUT2D eigenvalue weighted by Crippen LogP contribution is -2.56. The van der Waals surface area contributed by atoms with Gasteiger partial charge in [0, 0.05) is 48.7 Å². The summed E-state index contributed by atoms with van der Waals surface area (Å²) >= 11 is 0. The van der Waals surface area contributed by atoms with Gasteiger partial charge in [-0.2, -0.15) is 0 Å². The van der Waals surface area contributed by atoms with Crippen molar-refractivity contribution in [1.82, 2.24) is 0 Å². The van der Waals surface area contributed by atoms with Crippen molar-refractivity contribution in [3.8, 4) is 23.0 Å². The summed E-state index contributed by atoms with van der Waals surface area (Å²) in [6.45, 7) is 11.9. The third-order valence-electron chi connectivity index (χ3n) is 8.05. The summed E-state index contributed by atoms with van der Waals surface area (Å²) < 4.78 is 12.0. The van der Waals surface area contributed by atoms with Crippen LogP contribution in [0.4, 0.5) is 11.4 Å². The van der Waals surface area contributed by atoms with Gasteiger partial charge in [-0.1, -0.05) is 78.1 Å². The molecule has 2 N–H and O–H groups in total. The van der Waals surface area contributed by atoms with Gasteiger partial charge in [-0.05, 0) is 51.0 Å². The maximum atomic E-state index is 10.4. The van der Waals surface area contributed by atoms with Gasteiger partial charge in [0.05, 0.1) is 13.2 Å². The third-order valence-corrected chi connectivity index (χ3v) is 8.05. The highest BCUT2D eigenvalue weighted by Crippen LogP contribution is 2.36. The Balaban J connectivity index is 1.55. The van der Waals surface area contributed by atoms with E-state index in [1.807, 2.05) is 24.3 Å². The minimum absolute atomic E-state index is 0.201. The quantitative estimate of drug-likeness (QED) is 0.180. The molecular formula is C34H54N2O4. The number of nitrogens with zero attached hydrogens (tertiary/aromatic N) is 2. The van der Waals surface area contributed by atoms with Crippen LogP contribution in [-0.4, -0.2) is 48.6 Å². The SMILES string of the molecule is CCCCCCCCOc1cc(N2CC(C)N(c3ccc(O)c(OCCCCCCCC)c3)CC2C)ccc1O. The number of hydrogen-bond acceptors (Lipinski definition) is 6. The lowest BCUT2D eigenvalue weighted by molar-refractivity contribution is 0.288. The van der Waals surface area contributed by atoms with Crippen molar-refractivity contribution in [3.05, 3.63) is 36.4 Å². The smallest absolute Gasteiger partial charge is 0.162 e. The van der Waals surface area contributed by atoms with Crippen LogP contribution in [0.1, 0.15) is 105 Å². The van der Waals surface area contributed by atoms with Crippen molar-refractivity contribution in [3.63, 3.8) is 0 Å². The molecule has 6 nitrogen and oxygen atoms in total. The molecule has 0 spiro atoms. The second kappa shape index (κ2) is 17.1. The van der Waals surface area contributed by atoms with Crippen LogP contribution in [0.25, 0.3) is 0 Å². The Labute approximate surface area is 243 Å². The molecule has 1 aliphatic heterocycles. The van der Waals surface area contributed by atoms with Crippen molar-refractivity contribution in [1.29, 1.82) is 0 Å². The van der Waals surface area contributed by atoms with E-state index in [4.69, 9.17) is 9.47 Å². The molecule has 224 valence electrons. The number of hydrogen-bond donors (Lipinski definition) is 2. The molecule has 0 radical (unpaired) electrons. The number of ether oxygens (including phenoxy) is 2. The fourth-order valence-electron chi connectivity index (χ4n) is 5.57. The third kappa shape index (κ3) is 9.71. The molecule has 3 rings (SSSR count). The van der Waals surface area contributed by atoms with Gasteiger partial charge in [0.1, 0.15) is 0 Å². The molecule has 40 heavy (non-hydrogen) atoms. The van der Waals surface area contributed by atoms with Crippen molar-refractivity contribution < 1.29 is 19.7 Å². The van der Waals surface area contributed by atoms with Gasteiger partial charge >= 0.3 is 0 Å². The number of aromatic hydroxyl groups is 2. The van der Waals surface area contributed by atoms with Gasteiger partial charge in [0.15, 0.2) is 23.0 Å². The molecule has 2 unspecified atom stereocenters. The van der Waals surface area contributed by atoms with E-state index in [2.05, 4.69) is 37.5 Å². The maximum absolute atomic E-state index is 10.4. The topological polar surface area (TPSA) is 65.4 Å². The van der Waals surface area contributed by atoms with Gasteiger partial charge in [0.2, 0.25) is 0 Å². The molecule has 1 aliphatic rings. The number of phenols is 2. The predicted octanol–water partition coefficient (Wildman–Crippen LogP) is 8.68. The molecule has 0 amide bonds. The number of rotatable bonds is 18. The zero-order chi connectivity index (χ0) is 28.7. The number of phenolic OH excluding ortho intramolecular Hbond substituents is 2. The molecule has 0 aromatic heterocycles. The molecule has 6 heteroatoms. The minimum Gasteiger partial charge on any atom is -0.504 e. The highest BCUT2D eigenvalue weighted by atomic mass is 16.5. The van der Waals surface area contributed by atoms with E-state index in [9.17, 15) is 10.2 Å². The van der Waals surface area contributed by atoms with Gasteiger partial charge in [-0.3, -0.25) is 0 Å². The molecule has 0 aliphatic carbocycles. The second-order valence-electron chi connectivity index (χ2n) is 11.5. The summed E-state index contributed by atoms with van der Waals surface area (Å²) in [7, 11) is 0. The number of anilines is 2. The van der Waals surface area contributed by atoms with Crippen molar-refractivity contribution in [2.75, 3.05) is 36.1 Å². The van der Waals surface area contributed by atoms with E-state index in [1.165, 1.54) is 64.2 Å². The monoisotopic (exact) mass is 554 g/mol. The molecule has 0 saturated carbocycles. The van der Waals surface area contributed by atoms with Crippen LogP contribution in [0, 0.1) is 0 Å². The zero-order valence-corrected chi connectivity index (χ0v) is 25.5. The minimum atomic E-state index is 0.201. The largest absolute Gasteiger partial charge is 0.504 e. The summed E-state index contributed by atoms with van der Waals surface area (Å²) in [5.74, 6) is 1.54. The van der Waals surface area contributed by atoms with Gasteiger partial charge < -0.3 is 29.5 Å². The number of benzene rings is 2. The van der Waals surface area contributed by atoms with Crippen LogP contribution in [0.2, 0.25) is 0 Å². The Morgan fingerprint density at radius 2 is 0.975 bits per heavy atom. The number of piperazine rings is 1. The Hall–Kier alpha value is -2.76. The first-order valence-corrected chi connectivity index (χ1v) is 15.9. The standard InChI is InChI=1S/C34H54N2O4/c1-5-7-9-11-13-15-21-39-33-23-29(17-19-31(33)37)35-25-28(4)36(26-27(35)3)30-18-20-32(38)34(24-30)40-22-16-14-12-10-8-6-2/h17-20,23-24,27-28,37-38H,5-16,21-22,25-26H2,1-4H3. The molecule has 1 saturated heterocycles. The Kier molecular flexibility index (Phi) is 13.6. The summed E-state index contributed by atoms with van der Waals surface area (Å²) in [5.41, 5.74) is 2.15. The Morgan fingerprint density at radius 1 is 0.600 bits per heavy atom. The van der Waals surface area contributed by atoms with Gasteiger partial charge in [-0.15, -0.1) is 0 Å². The van der Waals surface area contributed by atoms with Crippen LogP contribution < -0.4 is 19.3 Å². The fourth-order valence-corrected chi connectivity index (χ4v) is 5.57. The first-order chi connectivity index (χ1) is 19.4. The van der Waals surface area contributed by atoms with Gasteiger partial charge in [0.25, 0.3) is 0 Å². The molecule has 0 bridgehead atoms. The van der Waals surface area contributed by atoms with Crippen molar-refractivity contribution >= 4 is 11.4 Å². The molecule has 1 fully saturated rings. The highest BCUT2D eigenvalue weighted by Gasteiger charge is 2.30. The lowest BCUT2D eigenvalue weighted by atomic mass is 10.1. The molecule has 2 aromatic carbocycles. The molecule has 1 heterocycles. The maximum Gasteiger partial charge on any atom is 0.162 e. The Morgan fingerprint density at radius 3 is 1.38 bits per heavy atom. The summed E-state index contributed by atoms with van der Waals surface area (Å²) in [4.78, 5) is 4.79. The molecule has 2 aromatic rings. The summed E-state index contributed by atoms with van der Waals surface area (Å²) in [6.07, 6.45) is 14.5. The number of unbranched alkanes of at least 4 members (excludes halogenated alkanes) is 10. The lowest BCUT2D eigenvalue weighted by Gasteiger charge is -2.46. The zero-order valence-electron chi connectivity index (χ0n) is 25.5. The molecule has 2 atom stereocenters. The first kappa shape index (κ1) is 31.8. The summed E-state index contributed by atoms with van der Waals surface area (Å²) in [5, 5.41) is 20.8. The van der Waals surface area contributed by atoms with E-state index >= 15 is 0 Å². The average Bonchev–Trinajstić information content (AvgIpc) is 2.95. The normalized spacial score (nSPS) is 17.3. The summed E-state index contributed by atoms with van der Waals surface area (Å²) in [6, 6.07) is 12.0.